The average Bonchev–Trinajstić information content (AvgIpc) is 2.39. The van der Waals surface area contributed by atoms with Crippen molar-refractivity contribution in [3.8, 4) is 11.5 Å². The summed E-state index contributed by atoms with van der Waals surface area (Å²) in [6.45, 7) is 2.08. The molecule has 0 aromatic heterocycles. The van der Waals surface area contributed by atoms with Crippen LogP contribution in [0.2, 0.25) is 0 Å². The van der Waals surface area contributed by atoms with E-state index in [1.54, 1.807) is 12.1 Å². The first-order valence-electron chi connectivity index (χ1n) is 5.99. The van der Waals surface area contributed by atoms with E-state index in [0.717, 1.165) is 23.5 Å². The van der Waals surface area contributed by atoms with Gasteiger partial charge in [0.25, 0.3) is 0 Å². The molecule has 1 aliphatic heterocycles. The fourth-order valence-electron chi connectivity index (χ4n) is 2.23. The maximum absolute atomic E-state index is 9.32. The molecule has 3 N–H and O–H groups in total. The number of benzene rings is 2. The number of halogens is 2. The van der Waals surface area contributed by atoms with Gasteiger partial charge in [-0.2, -0.15) is 0 Å². The zero-order chi connectivity index (χ0) is 12.5. The van der Waals surface area contributed by atoms with E-state index in [0.29, 0.717) is 0 Å². The van der Waals surface area contributed by atoms with Crippen molar-refractivity contribution in [1.29, 1.82) is 0 Å². The number of para-hydroxylation sites is 1. The van der Waals surface area contributed by atoms with Gasteiger partial charge in [0.05, 0.1) is 0 Å². The van der Waals surface area contributed by atoms with Crippen LogP contribution in [0.4, 0.5) is 0 Å². The van der Waals surface area contributed by atoms with E-state index < -0.39 is 0 Å². The molecule has 0 unspecified atom stereocenters. The molecule has 0 spiro atoms. The predicted octanol–water partition coefficient (Wildman–Crippen LogP) is 3.78. The van der Waals surface area contributed by atoms with E-state index in [4.69, 9.17) is 4.74 Å². The van der Waals surface area contributed by atoms with Gasteiger partial charge in [0.1, 0.15) is 17.3 Å². The van der Waals surface area contributed by atoms with Gasteiger partial charge in [-0.05, 0) is 48.4 Å². The van der Waals surface area contributed by atoms with Crippen molar-refractivity contribution >= 4 is 30.6 Å². The van der Waals surface area contributed by atoms with Crippen molar-refractivity contribution in [2.75, 3.05) is 0 Å². The number of allylic oxidation sites excluding steroid dienone is 1. The summed E-state index contributed by atoms with van der Waals surface area (Å²) in [5.41, 5.74) is 3.43. The molecule has 2 aromatic rings. The molecular formula is C16H18Cl2O3. The number of phenols is 1. The second-order valence-corrected chi connectivity index (χ2v) is 4.54. The van der Waals surface area contributed by atoms with Crippen LogP contribution < -0.4 is 4.74 Å². The lowest BCUT2D eigenvalue weighted by Crippen LogP contribution is -2.07. The van der Waals surface area contributed by atoms with Gasteiger partial charge in [-0.25, -0.2) is 0 Å². The Hall–Kier alpha value is -1.68. The molecular weight excluding hydrogens is 311 g/mol. The summed E-state index contributed by atoms with van der Waals surface area (Å²) < 4.78 is 5.97. The molecule has 0 radical (unpaired) electrons. The molecule has 3 nitrogen and oxygen atoms in total. The van der Waals surface area contributed by atoms with E-state index >= 15 is 0 Å². The first kappa shape index (κ1) is 19.3. The lowest BCUT2D eigenvalue weighted by atomic mass is 9.99. The van der Waals surface area contributed by atoms with E-state index in [-0.39, 0.29) is 36.0 Å². The maximum atomic E-state index is 9.32. The van der Waals surface area contributed by atoms with Crippen LogP contribution in [0.1, 0.15) is 18.1 Å². The smallest absolute Gasteiger partial charge is 0.133 e. The van der Waals surface area contributed by atoms with Crippen LogP contribution in [-0.4, -0.2) is 10.6 Å². The molecule has 3 rings (SSSR count). The van der Waals surface area contributed by atoms with Gasteiger partial charge in [0.2, 0.25) is 0 Å². The quantitative estimate of drug-likeness (QED) is 0.865. The highest BCUT2D eigenvalue weighted by atomic mass is 35.5. The lowest BCUT2D eigenvalue weighted by molar-refractivity contribution is 0.474. The number of phenolic OH excluding ortho intramolecular Hbond substituents is 1. The highest BCUT2D eigenvalue weighted by Gasteiger charge is 2.17. The number of hydrogen-bond donors (Lipinski definition) is 1. The van der Waals surface area contributed by atoms with Gasteiger partial charge in [-0.3, -0.25) is 0 Å². The summed E-state index contributed by atoms with van der Waals surface area (Å²) in [7, 11) is 0. The van der Waals surface area contributed by atoms with Crippen molar-refractivity contribution < 1.29 is 15.3 Å². The third-order valence-electron chi connectivity index (χ3n) is 3.16. The van der Waals surface area contributed by atoms with Gasteiger partial charge >= 0.3 is 0 Å². The number of hydrogen-bond acceptors (Lipinski definition) is 2. The SMILES string of the molecule is CC1=C(c2ccc(O)cc2)Oc2ccccc2C1.Cl.Cl.O. The van der Waals surface area contributed by atoms with Crippen molar-refractivity contribution in [3.63, 3.8) is 0 Å². The molecule has 0 bridgehead atoms. The Balaban J connectivity index is 0.00000133. The van der Waals surface area contributed by atoms with Crippen LogP contribution >= 0.6 is 24.8 Å². The van der Waals surface area contributed by atoms with Crippen LogP contribution in [0.3, 0.4) is 0 Å². The molecule has 2 aromatic carbocycles. The summed E-state index contributed by atoms with van der Waals surface area (Å²) in [6.07, 6.45) is 0.909. The molecule has 0 amide bonds. The minimum atomic E-state index is 0. The third-order valence-corrected chi connectivity index (χ3v) is 3.16. The zero-order valence-electron chi connectivity index (χ0n) is 11.5. The molecule has 0 fully saturated rings. The Kier molecular flexibility index (Phi) is 7.30. The molecule has 0 saturated carbocycles. The van der Waals surface area contributed by atoms with E-state index in [9.17, 15) is 5.11 Å². The monoisotopic (exact) mass is 328 g/mol. The fraction of sp³-hybridized carbons (Fsp3) is 0.125. The molecule has 1 heterocycles. The number of aromatic hydroxyl groups is 1. The Morgan fingerprint density at radius 3 is 2.24 bits per heavy atom. The summed E-state index contributed by atoms with van der Waals surface area (Å²) >= 11 is 0. The second kappa shape index (κ2) is 7.93. The van der Waals surface area contributed by atoms with Crippen molar-refractivity contribution in [2.45, 2.75) is 13.3 Å². The molecule has 0 atom stereocenters. The summed E-state index contributed by atoms with van der Waals surface area (Å²) in [5.74, 6) is 2.09. The first-order chi connectivity index (χ1) is 8.74. The van der Waals surface area contributed by atoms with E-state index in [1.807, 2.05) is 30.3 Å². The maximum Gasteiger partial charge on any atom is 0.133 e. The largest absolute Gasteiger partial charge is 0.508 e. The van der Waals surface area contributed by atoms with Crippen LogP contribution in [0.5, 0.6) is 11.5 Å². The molecule has 1 aliphatic rings. The topological polar surface area (TPSA) is 61.0 Å². The normalized spacial score (nSPS) is 12.0. The van der Waals surface area contributed by atoms with Gasteiger partial charge in [0.15, 0.2) is 0 Å². The van der Waals surface area contributed by atoms with Crippen molar-refractivity contribution in [3.05, 3.63) is 65.2 Å². The van der Waals surface area contributed by atoms with Crippen molar-refractivity contribution in [1.82, 2.24) is 0 Å². The minimum absolute atomic E-state index is 0. The van der Waals surface area contributed by atoms with Gasteiger partial charge < -0.3 is 15.3 Å². The summed E-state index contributed by atoms with van der Waals surface area (Å²) in [6, 6.07) is 15.2. The van der Waals surface area contributed by atoms with Crippen LogP contribution in [0.15, 0.2) is 54.1 Å². The van der Waals surface area contributed by atoms with E-state index in [2.05, 4.69) is 13.0 Å². The van der Waals surface area contributed by atoms with E-state index in [1.165, 1.54) is 11.1 Å². The molecule has 0 saturated heterocycles. The van der Waals surface area contributed by atoms with Gasteiger partial charge in [-0.1, -0.05) is 18.2 Å². The second-order valence-electron chi connectivity index (χ2n) is 4.54. The fourth-order valence-corrected chi connectivity index (χ4v) is 2.23. The first-order valence-corrected chi connectivity index (χ1v) is 5.99. The zero-order valence-corrected chi connectivity index (χ0v) is 13.1. The molecule has 5 heteroatoms. The summed E-state index contributed by atoms with van der Waals surface area (Å²) in [5, 5.41) is 9.32. The molecule has 21 heavy (non-hydrogen) atoms. The van der Waals surface area contributed by atoms with Crippen LogP contribution in [0, 0.1) is 0 Å². The minimum Gasteiger partial charge on any atom is -0.508 e. The van der Waals surface area contributed by atoms with Crippen molar-refractivity contribution in [2.24, 2.45) is 0 Å². The third kappa shape index (κ3) is 3.91. The lowest BCUT2D eigenvalue weighted by Gasteiger charge is -2.22. The van der Waals surface area contributed by atoms with Crippen LogP contribution in [-0.2, 0) is 6.42 Å². The standard InChI is InChI=1S/C16H14O2.2ClH.H2O/c1-11-10-13-4-2-3-5-15(13)18-16(11)12-6-8-14(17)9-7-12;;;/h2-9,17H,10H2,1H3;2*1H;1H2. The Bertz CT molecular complexity index is 622. The number of rotatable bonds is 1. The average molecular weight is 329 g/mol. The Labute approximate surface area is 136 Å². The van der Waals surface area contributed by atoms with Gasteiger partial charge in [0, 0.05) is 12.0 Å². The predicted molar refractivity (Wildman–Crippen MR) is 89.6 cm³/mol. The van der Waals surface area contributed by atoms with Crippen LogP contribution in [0.25, 0.3) is 5.76 Å². The summed E-state index contributed by atoms with van der Waals surface area (Å²) in [4.78, 5) is 0. The Morgan fingerprint density at radius 1 is 0.952 bits per heavy atom. The number of ether oxygens (including phenoxy) is 1. The van der Waals surface area contributed by atoms with Gasteiger partial charge in [-0.15, -0.1) is 24.8 Å². The Morgan fingerprint density at radius 2 is 1.57 bits per heavy atom. The molecule has 114 valence electrons. The molecule has 0 aliphatic carbocycles. The highest BCUT2D eigenvalue weighted by molar-refractivity contribution is 5.85. The number of fused-ring (bicyclic) bond motifs is 1. The highest BCUT2D eigenvalue weighted by Crippen LogP contribution is 2.34.